The van der Waals surface area contributed by atoms with Gasteiger partial charge >= 0.3 is 0 Å². The Balaban J connectivity index is 2.46. The lowest BCUT2D eigenvalue weighted by Crippen LogP contribution is -2.47. The van der Waals surface area contributed by atoms with Crippen LogP contribution in [0.3, 0.4) is 0 Å². The zero-order valence-electron chi connectivity index (χ0n) is 10.5. The molecule has 1 rings (SSSR count). The predicted octanol–water partition coefficient (Wildman–Crippen LogP) is 0.714. The molecule has 1 aliphatic carbocycles. The normalized spacial score (nSPS) is 19.8. The Morgan fingerprint density at radius 3 is 2.56 bits per heavy atom. The standard InChI is InChI=1S/C12H25N3O/c1-14-12(16)8-11(9-13)15(2)10-6-4-3-5-7-10/h10-11H,3-9,13H2,1-2H3,(H,14,16). The summed E-state index contributed by atoms with van der Waals surface area (Å²) in [5, 5.41) is 2.67. The summed E-state index contributed by atoms with van der Waals surface area (Å²) < 4.78 is 0. The molecular weight excluding hydrogens is 202 g/mol. The minimum absolute atomic E-state index is 0.0816. The van der Waals surface area contributed by atoms with E-state index < -0.39 is 0 Å². The van der Waals surface area contributed by atoms with Crippen LogP contribution in [0, 0.1) is 0 Å². The van der Waals surface area contributed by atoms with Gasteiger partial charge in [-0.1, -0.05) is 19.3 Å². The number of likely N-dealkylation sites (N-methyl/N-ethyl adjacent to an activating group) is 1. The van der Waals surface area contributed by atoms with Crippen molar-refractivity contribution < 1.29 is 4.79 Å². The van der Waals surface area contributed by atoms with Gasteiger partial charge in [-0.25, -0.2) is 0 Å². The van der Waals surface area contributed by atoms with Crippen LogP contribution in [0.2, 0.25) is 0 Å². The van der Waals surface area contributed by atoms with Gasteiger partial charge in [-0.2, -0.15) is 0 Å². The average Bonchev–Trinajstić information content (AvgIpc) is 2.35. The molecule has 94 valence electrons. The molecule has 1 fully saturated rings. The number of carbonyl (C=O) groups is 1. The van der Waals surface area contributed by atoms with Gasteiger partial charge < -0.3 is 11.1 Å². The molecule has 1 saturated carbocycles. The maximum Gasteiger partial charge on any atom is 0.221 e. The molecular formula is C12H25N3O. The highest BCUT2D eigenvalue weighted by Gasteiger charge is 2.24. The quantitative estimate of drug-likeness (QED) is 0.727. The van der Waals surface area contributed by atoms with Crippen molar-refractivity contribution in [1.29, 1.82) is 0 Å². The summed E-state index contributed by atoms with van der Waals surface area (Å²) >= 11 is 0. The molecule has 0 aromatic rings. The highest BCUT2D eigenvalue weighted by molar-refractivity contribution is 5.76. The van der Waals surface area contributed by atoms with E-state index in [2.05, 4.69) is 17.3 Å². The summed E-state index contributed by atoms with van der Waals surface area (Å²) in [5.74, 6) is 0.0816. The van der Waals surface area contributed by atoms with E-state index in [0.29, 0.717) is 19.0 Å². The summed E-state index contributed by atoms with van der Waals surface area (Å²) in [7, 11) is 3.78. The Morgan fingerprint density at radius 1 is 1.44 bits per heavy atom. The molecule has 3 N–H and O–H groups in total. The van der Waals surface area contributed by atoms with E-state index in [1.807, 2.05) is 0 Å². The molecule has 0 spiro atoms. The number of nitrogens with two attached hydrogens (primary N) is 1. The van der Waals surface area contributed by atoms with Crippen molar-refractivity contribution in [1.82, 2.24) is 10.2 Å². The molecule has 1 amide bonds. The van der Waals surface area contributed by atoms with Crippen molar-refractivity contribution in [3.8, 4) is 0 Å². The molecule has 16 heavy (non-hydrogen) atoms. The first-order valence-corrected chi connectivity index (χ1v) is 6.31. The van der Waals surface area contributed by atoms with E-state index in [1.165, 1.54) is 32.1 Å². The van der Waals surface area contributed by atoms with Crippen LogP contribution >= 0.6 is 0 Å². The van der Waals surface area contributed by atoms with Gasteiger partial charge in [0.1, 0.15) is 0 Å². The molecule has 0 aromatic heterocycles. The first-order chi connectivity index (χ1) is 7.69. The third-order valence-corrected chi connectivity index (χ3v) is 3.70. The number of rotatable bonds is 5. The Kier molecular flexibility index (Phi) is 5.77. The molecule has 0 aromatic carbocycles. The van der Waals surface area contributed by atoms with E-state index in [9.17, 15) is 4.79 Å². The number of hydrogen-bond donors (Lipinski definition) is 2. The van der Waals surface area contributed by atoms with Crippen LogP contribution in [0.1, 0.15) is 38.5 Å². The molecule has 0 radical (unpaired) electrons. The van der Waals surface area contributed by atoms with Crippen molar-refractivity contribution in [2.24, 2.45) is 5.73 Å². The highest BCUT2D eigenvalue weighted by Crippen LogP contribution is 2.23. The Hall–Kier alpha value is -0.610. The molecule has 0 saturated heterocycles. The van der Waals surface area contributed by atoms with Gasteiger partial charge in [-0.15, -0.1) is 0 Å². The van der Waals surface area contributed by atoms with Gasteiger partial charge in [-0.3, -0.25) is 9.69 Å². The number of carbonyl (C=O) groups excluding carboxylic acids is 1. The second-order valence-corrected chi connectivity index (χ2v) is 4.72. The zero-order valence-corrected chi connectivity index (χ0v) is 10.5. The lowest BCUT2D eigenvalue weighted by molar-refractivity contribution is -0.121. The van der Waals surface area contributed by atoms with E-state index in [1.54, 1.807) is 7.05 Å². The number of nitrogens with zero attached hydrogens (tertiary/aromatic N) is 1. The molecule has 1 aliphatic rings. The minimum atomic E-state index is 0.0816. The summed E-state index contributed by atoms with van der Waals surface area (Å²) in [5.41, 5.74) is 5.76. The third kappa shape index (κ3) is 3.76. The van der Waals surface area contributed by atoms with Crippen molar-refractivity contribution in [3.63, 3.8) is 0 Å². The second-order valence-electron chi connectivity index (χ2n) is 4.72. The van der Waals surface area contributed by atoms with E-state index in [4.69, 9.17) is 5.73 Å². The van der Waals surface area contributed by atoms with Crippen LogP contribution in [-0.4, -0.2) is 43.5 Å². The van der Waals surface area contributed by atoms with Crippen molar-refractivity contribution in [3.05, 3.63) is 0 Å². The van der Waals surface area contributed by atoms with E-state index in [-0.39, 0.29) is 11.9 Å². The molecule has 0 heterocycles. The van der Waals surface area contributed by atoms with Crippen LogP contribution < -0.4 is 11.1 Å². The topological polar surface area (TPSA) is 58.4 Å². The SMILES string of the molecule is CNC(=O)CC(CN)N(C)C1CCCCC1. The molecule has 1 atom stereocenters. The molecule has 4 heteroatoms. The fourth-order valence-corrected chi connectivity index (χ4v) is 2.50. The lowest BCUT2D eigenvalue weighted by atomic mass is 9.93. The maximum atomic E-state index is 11.4. The zero-order chi connectivity index (χ0) is 12.0. The fourth-order valence-electron chi connectivity index (χ4n) is 2.50. The molecule has 4 nitrogen and oxygen atoms in total. The Labute approximate surface area is 98.6 Å². The van der Waals surface area contributed by atoms with Crippen molar-refractivity contribution in [2.75, 3.05) is 20.6 Å². The highest BCUT2D eigenvalue weighted by atomic mass is 16.1. The Morgan fingerprint density at radius 2 is 2.06 bits per heavy atom. The van der Waals surface area contributed by atoms with Crippen LogP contribution in [0.4, 0.5) is 0 Å². The first kappa shape index (κ1) is 13.5. The predicted molar refractivity (Wildman–Crippen MR) is 66.2 cm³/mol. The third-order valence-electron chi connectivity index (χ3n) is 3.70. The van der Waals surface area contributed by atoms with Crippen molar-refractivity contribution >= 4 is 5.91 Å². The fraction of sp³-hybridized carbons (Fsp3) is 0.917. The maximum absolute atomic E-state index is 11.4. The number of hydrogen-bond acceptors (Lipinski definition) is 3. The molecule has 1 unspecified atom stereocenters. The minimum Gasteiger partial charge on any atom is -0.359 e. The summed E-state index contributed by atoms with van der Waals surface area (Å²) in [6.07, 6.45) is 6.99. The van der Waals surface area contributed by atoms with Crippen LogP contribution in [0.25, 0.3) is 0 Å². The summed E-state index contributed by atoms with van der Waals surface area (Å²) in [6, 6.07) is 0.801. The molecule has 0 bridgehead atoms. The second kappa shape index (κ2) is 6.86. The van der Waals surface area contributed by atoms with Crippen LogP contribution in [0.5, 0.6) is 0 Å². The van der Waals surface area contributed by atoms with Gasteiger partial charge in [0.2, 0.25) is 5.91 Å². The monoisotopic (exact) mass is 227 g/mol. The lowest BCUT2D eigenvalue weighted by Gasteiger charge is -2.36. The number of amides is 1. The van der Waals surface area contributed by atoms with E-state index in [0.717, 1.165) is 0 Å². The summed E-state index contributed by atoms with van der Waals surface area (Å²) in [4.78, 5) is 13.7. The Bertz CT molecular complexity index is 214. The molecule has 0 aliphatic heterocycles. The smallest absolute Gasteiger partial charge is 0.221 e. The van der Waals surface area contributed by atoms with Gasteiger partial charge in [0.05, 0.1) is 0 Å². The van der Waals surface area contributed by atoms with Crippen molar-refractivity contribution in [2.45, 2.75) is 50.6 Å². The van der Waals surface area contributed by atoms with Gasteiger partial charge in [0.15, 0.2) is 0 Å². The average molecular weight is 227 g/mol. The van der Waals surface area contributed by atoms with Gasteiger partial charge in [0, 0.05) is 32.1 Å². The first-order valence-electron chi connectivity index (χ1n) is 6.31. The number of nitrogens with one attached hydrogen (secondary N) is 1. The van der Waals surface area contributed by atoms with Gasteiger partial charge in [0.25, 0.3) is 0 Å². The van der Waals surface area contributed by atoms with Crippen LogP contribution in [0.15, 0.2) is 0 Å². The largest absolute Gasteiger partial charge is 0.359 e. The summed E-state index contributed by atoms with van der Waals surface area (Å²) in [6.45, 7) is 0.556. The van der Waals surface area contributed by atoms with E-state index >= 15 is 0 Å². The van der Waals surface area contributed by atoms with Crippen LogP contribution in [-0.2, 0) is 4.79 Å². The van der Waals surface area contributed by atoms with Gasteiger partial charge in [-0.05, 0) is 19.9 Å².